The molecule has 0 bridgehead atoms. The standard InChI is InChI=1S/C9H19NO/c1-3-5-9-7-4-6-8(2)10(9)11/h8-9,11H,3-7H2,1-2H3. The van der Waals surface area contributed by atoms with Crippen LogP contribution in [0.3, 0.4) is 0 Å². The van der Waals surface area contributed by atoms with Crippen LogP contribution in [0, 0.1) is 0 Å². The van der Waals surface area contributed by atoms with Crippen LogP contribution in [0.15, 0.2) is 0 Å². The first-order chi connectivity index (χ1) is 5.25. The van der Waals surface area contributed by atoms with Crippen LogP contribution < -0.4 is 0 Å². The van der Waals surface area contributed by atoms with Gasteiger partial charge >= 0.3 is 0 Å². The summed E-state index contributed by atoms with van der Waals surface area (Å²) in [4.78, 5) is 0. The van der Waals surface area contributed by atoms with E-state index in [1.54, 1.807) is 5.06 Å². The second-order valence-corrected chi connectivity index (χ2v) is 3.60. The van der Waals surface area contributed by atoms with E-state index in [-0.39, 0.29) is 0 Å². The number of rotatable bonds is 2. The molecule has 1 aliphatic heterocycles. The fraction of sp³-hybridized carbons (Fsp3) is 1.00. The van der Waals surface area contributed by atoms with E-state index >= 15 is 0 Å². The molecule has 0 amide bonds. The predicted octanol–water partition coefficient (Wildman–Crippen LogP) is 2.42. The van der Waals surface area contributed by atoms with Crippen molar-refractivity contribution in [3.8, 4) is 0 Å². The molecule has 2 atom stereocenters. The molecule has 0 radical (unpaired) electrons. The second-order valence-electron chi connectivity index (χ2n) is 3.60. The third-order valence-electron chi connectivity index (χ3n) is 2.61. The monoisotopic (exact) mass is 157 g/mol. The molecule has 0 saturated carbocycles. The maximum absolute atomic E-state index is 9.60. The Labute approximate surface area is 69.2 Å². The van der Waals surface area contributed by atoms with E-state index in [0.717, 1.165) is 12.8 Å². The number of piperidine rings is 1. The Balaban J connectivity index is 2.38. The number of hydroxylamine groups is 2. The maximum atomic E-state index is 9.60. The van der Waals surface area contributed by atoms with E-state index in [9.17, 15) is 5.21 Å². The Kier molecular flexibility index (Phi) is 3.34. The highest BCUT2D eigenvalue weighted by Gasteiger charge is 2.25. The van der Waals surface area contributed by atoms with E-state index in [0.29, 0.717) is 12.1 Å². The number of hydrogen-bond acceptors (Lipinski definition) is 2. The largest absolute Gasteiger partial charge is 0.313 e. The van der Waals surface area contributed by atoms with E-state index in [1.807, 2.05) is 0 Å². The molecule has 0 aromatic heterocycles. The average molecular weight is 157 g/mol. The fourth-order valence-corrected chi connectivity index (χ4v) is 1.88. The summed E-state index contributed by atoms with van der Waals surface area (Å²) < 4.78 is 0. The van der Waals surface area contributed by atoms with Gasteiger partial charge in [0.1, 0.15) is 0 Å². The predicted molar refractivity (Wildman–Crippen MR) is 45.6 cm³/mol. The van der Waals surface area contributed by atoms with Gasteiger partial charge in [-0.05, 0) is 26.2 Å². The zero-order chi connectivity index (χ0) is 8.27. The Morgan fingerprint density at radius 3 is 2.82 bits per heavy atom. The molecule has 1 rings (SSSR count). The van der Waals surface area contributed by atoms with E-state index in [2.05, 4.69) is 13.8 Å². The van der Waals surface area contributed by atoms with Gasteiger partial charge in [-0.3, -0.25) is 0 Å². The molecule has 66 valence electrons. The number of hydrogen-bond donors (Lipinski definition) is 1. The maximum Gasteiger partial charge on any atom is 0.0353 e. The van der Waals surface area contributed by atoms with Crippen LogP contribution in [0.2, 0.25) is 0 Å². The summed E-state index contributed by atoms with van der Waals surface area (Å²) in [6.45, 7) is 4.27. The SMILES string of the molecule is CCCC1CCCC(C)N1O. The lowest BCUT2D eigenvalue weighted by Gasteiger charge is -2.35. The van der Waals surface area contributed by atoms with Crippen molar-refractivity contribution in [2.75, 3.05) is 0 Å². The molecule has 0 aromatic carbocycles. The molecule has 1 aliphatic rings. The molecule has 1 saturated heterocycles. The van der Waals surface area contributed by atoms with Gasteiger partial charge in [0.25, 0.3) is 0 Å². The van der Waals surface area contributed by atoms with Gasteiger partial charge in [0.05, 0.1) is 0 Å². The quantitative estimate of drug-likeness (QED) is 0.665. The van der Waals surface area contributed by atoms with Crippen molar-refractivity contribution < 1.29 is 5.21 Å². The zero-order valence-electron chi connectivity index (χ0n) is 7.58. The first kappa shape index (κ1) is 9.01. The van der Waals surface area contributed by atoms with Gasteiger partial charge in [0.15, 0.2) is 0 Å². The van der Waals surface area contributed by atoms with Crippen LogP contribution in [0.25, 0.3) is 0 Å². The molecular formula is C9H19NO. The number of nitrogens with zero attached hydrogens (tertiary/aromatic N) is 1. The zero-order valence-corrected chi connectivity index (χ0v) is 7.58. The lowest BCUT2D eigenvalue weighted by molar-refractivity contribution is -0.173. The summed E-state index contributed by atoms with van der Waals surface area (Å²) in [5.41, 5.74) is 0. The van der Waals surface area contributed by atoms with Crippen molar-refractivity contribution in [3.63, 3.8) is 0 Å². The topological polar surface area (TPSA) is 23.5 Å². The molecule has 11 heavy (non-hydrogen) atoms. The van der Waals surface area contributed by atoms with Crippen LogP contribution in [0.5, 0.6) is 0 Å². The van der Waals surface area contributed by atoms with Gasteiger partial charge < -0.3 is 5.21 Å². The highest BCUT2D eigenvalue weighted by molar-refractivity contribution is 4.75. The van der Waals surface area contributed by atoms with E-state index < -0.39 is 0 Å². The summed E-state index contributed by atoms with van der Waals surface area (Å²) in [7, 11) is 0. The first-order valence-electron chi connectivity index (χ1n) is 4.73. The fourth-order valence-electron chi connectivity index (χ4n) is 1.88. The Morgan fingerprint density at radius 1 is 1.45 bits per heavy atom. The molecule has 1 N–H and O–H groups in total. The van der Waals surface area contributed by atoms with Gasteiger partial charge in [-0.25, -0.2) is 0 Å². The second kappa shape index (κ2) is 4.07. The van der Waals surface area contributed by atoms with Crippen molar-refractivity contribution >= 4 is 0 Å². The van der Waals surface area contributed by atoms with Crippen molar-refractivity contribution in [3.05, 3.63) is 0 Å². The van der Waals surface area contributed by atoms with Gasteiger partial charge in [-0.15, -0.1) is 0 Å². The van der Waals surface area contributed by atoms with Crippen molar-refractivity contribution in [2.45, 2.75) is 58.0 Å². The lowest BCUT2D eigenvalue weighted by atomic mass is 9.96. The Bertz CT molecular complexity index is 114. The lowest BCUT2D eigenvalue weighted by Crippen LogP contribution is -2.42. The van der Waals surface area contributed by atoms with Crippen molar-refractivity contribution in [1.82, 2.24) is 5.06 Å². The van der Waals surface area contributed by atoms with Gasteiger partial charge in [0.2, 0.25) is 0 Å². The minimum absolute atomic E-state index is 0.375. The Morgan fingerprint density at radius 2 is 2.18 bits per heavy atom. The summed E-state index contributed by atoms with van der Waals surface area (Å²) in [6, 6.07) is 0.809. The minimum atomic E-state index is 0.375. The third kappa shape index (κ3) is 2.17. The van der Waals surface area contributed by atoms with E-state index in [4.69, 9.17) is 0 Å². The molecule has 2 heteroatoms. The Hall–Kier alpha value is -0.0800. The minimum Gasteiger partial charge on any atom is -0.313 e. The average Bonchev–Trinajstić information content (AvgIpc) is 1.99. The van der Waals surface area contributed by atoms with Crippen LogP contribution in [-0.2, 0) is 0 Å². The van der Waals surface area contributed by atoms with Crippen LogP contribution in [-0.4, -0.2) is 22.4 Å². The third-order valence-corrected chi connectivity index (χ3v) is 2.61. The van der Waals surface area contributed by atoms with Crippen molar-refractivity contribution in [2.24, 2.45) is 0 Å². The first-order valence-corrected chi connectivity index (χ1v) is 4.73. The molecular weight excluding hydrogens is 138 g/mol. The van der Waals surface area contributed by atoms with Crippen LogP contribution >= 0.6 is 0 Å². The van der Waals surface area contributed by atoms with Crippen LogP contribution in [0.1, 0.15) is 46.0 Å². The van der Waals surface area contributed by atoms with Gasteiger partial charge in [-0.1, -0.05) is 19.8 Å². The van der Waals surface area contributed by atoms with Crippen LogP contribution in [0.4, 0.5) is 0 Å². The summed E-state index contributed by atoms with van der Waals surface area (Å²) in [5.74, 6) is 0. The normalized spacial score (nSPS) is 34.1. The molecule has 1 fully saturated rings. The highest BCUT2D eigenvalue weighted by Crippen LogP contribution is 2.23. The summed E-state index contributed by atoms with van der Waals surface area (Å²) in [6.07, 6.45) is 5.92. The molecule has 0 aromatic rings. The molecule has 2 unspecified atom stereocenters. The smallest absolute Gasteiger partial charge is 0.0353 e. The highest BCUT2D eigenvalue weighted by atomic mass is 16.5. The van der Waals surface area contributed by atoms with Gasteiger partial charge in [0, 0.05) is 12.1 Å². The summed E-state index contributed by atoms with van der Waals surface area (Å²) in [5, 5.41) is 11.2. The molecule has 0 spiro atoms. The molecule has 0 aliphatic carbocycles. The van der Waals surface area contributed by atoms with Crippen molar-refractivity contribution in [1.29, 1.82) is 0 Å². The molecule has 2 nitrogen and oxygen atoms in total. The van der Waals surface area contributed by atoms with E-state index in [1.165, 1.54) is 19.3 Å². The molecule has 1 heterocycles. The summed E-state index contributed by atoms with van der Waals surface area (Å²) >= 11 is 0. The van der Waals surface area contributed by atoms with Gasteiger partial charge in [-0.2, -0.15) is 5.06 Å².